The summed E-state index contributed by atoms with van der Waals surface area (Å²) in [5.41, 5.74) is 5.37. The summed E-state index contributed by atoms with van der Waals surface area (Å²) in [6, 6.07) is 0. The van der Waals surface area contributed by atoms with Gasteiger partial charge < -0.3 is 10.5 Å². The van der Waals surface area contributed by atoms with E-state index in [4.69, 9.17) is 15.9 Å². The topological polar surface area (TPSA) is 59.1 Å². The summed E-state index contributed by atoms with van der Waals surface area (Å²) in [7, 11) is 0. The molecular formula is C16H32N2O. The van der Waals surface area contributed by atoms with Crippen molar-refractivity contribution in [3.8, 4) is 0 Å². The van der Waals surface area contributed by atoms with Crippen molar-refractivity contribution in [2.75, 3.05) is 6.61 Å². The summed E-state index contributed by atoms with van der Waals surface area (Å²) in [6.07, 6.45) is 5.04. The van der Waals surface area contributed by atoms with E-state index in [1.54, 1.807) is 0 Å². The summed E-state index contributed by atoms with van der Waals surface area (Å²) in [4.78, 5) is 0. The molecule has 1 rings (SSSR count). The third-order valence-corrected chi connectivity index (χ3v) is 4.75. The molecule has 0 radical (unpaired) electrons. The summed E-state index contributed by atoms with van der Waals surface area (Å²) in [5.74, 6) is 2.42. The van der Waals surface area contributed by atoms with E-state index in [2.05, 4.69) is 20.8 Å². The van der Waals surface area contributed by atoms with Crippen molar-refractivity contribution in [1.82, 2.24) is 0 Å². The quantitative estimate of drug-likeness (QED) is 0.568. The van der Waals surface area contributed by atoms with Crippen LogP contribution in [-0.2, 0) is 4.74 Å². The van der Waals surface area contributed by atoms with E-state index in [9.17, 15) is 0 Å². The van der Waals surface area contributed by atoms with Gasteiger partial charge in [-0.25, -0.2) is 0 Å². The SMILES string of the molecule is CC1CCC(C(C)C)C(OCCC(C)(C)C(=N)N)C1. The van der Waals surface area contributed by atoms with Gasteiger partial charge in [-0.3, -0.25) is 5.41 Å². The zero-order valence-corrected chi connectivity index (χ0v) is 13.3. The van der Waals surface area contributed by atoms with Crippen molar-refractivity contribution in [2.45, 2.75) is 66.4 Å². The number of amidine groups is 1. The van der Waals surface area contributed by atoms with Crippen LogP contribution in [-0.4, -0.2) is 18.5 Å². The van der Waals surface area contributed by atoms with Crippen LogP contribution in [0.4, 0.5) is 0 Å². The first kappa shape index (κ1) is 16.5. The predicted molar refractivity (Wildman–Crippen MR) is 81.4 cm³/mol. The Bertz CT molecular complexity index is 299. The van der Waals surface area contributed by atoms with Gasteiger partial charge in [0, 0.05) is 12.0 Å². The van der Waals surface area contributed by atoms with Crippen LogP contribution in [0.2, 0.25) is 0 Å². The van der Waals surface area contributed by atoms with E-state index in [1.807, 2.05) is 13.8 Å². The Hall–Kier alpha value is -0.570. The molecule has 0 amide bonds. The number of rotatable bonds is 6. The molecule has 0 spiro atoms. The second-order valence-electron chi connectivity index (χ2n) is 7.28. The van der Waals surface area contributed by atoms with Gasteiger partial charge in [0.2, 0.25) is 0 Å². The normalized spacial score (nSPS) is 28.6. The van der Waals surface area contributed by atoms with Crippen LogP contribution in [0, 0.1) is 28.6 Å². The second-order valence-corrected chi connectivity index (χ2v) is 7.28. The minimum absolute atomic E-state index is 0.242. The summed E-state index contributed by atoms with van der Waals surface area (Å²) in [6.45, 7) is 11.7. The molecule has 112 valence electrons. The van der Waals surface area contributed by atoms with Crippen LogP contribution >= 0.6 is 0 Å². The maximum atomic E-state index is 7.58. The maximum Gasteiger partial charge on any atom is 0.0963 e. The molecule has 1 fully saturated rings. The van der Waals surface area contributed by atoms with Gasteiger partial charge in [0.25, 0.3) is 0 Å². The molecule has 0 saturated heterocycles. The zero-order chi connectivity index (χ0) is 14.6. The van der Waals surface area contributed by atoms with Crippen molar-refractivity contribution >= 4 is 5.84 Å². The van der Waals surface area contributed by atoms with Crippen molar-refractivity contribution in [3.05, 3.63) is 0 Å². The van der Waals surface area contributed by atoms with Gasteiger partial charge in [0.1, 0.15) is 0 Å². The molecule has 1 aliphatic carbocycles. The Morgan fingerprint density at radius 3 is 2.53 bits per heavy atom. The molecule has 1 saturated carbocycles. The van der Waals surface area contributed by atoms with Gasteiger partial charge in [0.15, 0.2) is 0 Å². The fourth-order valence-corrected chi connectivity index (χ4v) is 2.91. The van der Waals surface area contributed by atoms with E-state index >= 15 is 0 Å². The van der Waals surface area contributed by atoms with E-state index in [-0.39, 0.29) is 11.3 Å². The fourth-order valence-electron chi connectivity index (χ4n) is 2.91. The average Bonchev–Trinajstić information content (AvgIpc) is 2.28. The third kappa shape index (κ3) is 4.79. The highest BCUT2D eigenvalue weighted by molar-refractivity contribution is 5.82. The first-order chi connectivity index (χ1) is 8.74. The first-order valence-electron chi connectivity index (χ1n) is 7.70. The summed E-state index contributed by atoms with van der Waals surface area (Å²) in [5, 5.41) is 7.58. The standard InChI is InChI=1S/C16H32N2O/c1-11(2)13-7-6-12(3)10-14(13)19-9-8-16(4,5)15(17)18/h11-14H,6-10H2,1-5H3,(H3,17,18). The largest absolute Gasteiger partial charge is 0.387 e. The van der Waals surface area contributed by atoms with E-state index < -0.39 is 0 Å². The van der Waals surface area contributed by atoms with Gasteiger partial charge >= 0.3 is 0 Å². The van der Waals surface area contributed by atoms with Crippen LogP contribution in [0.3, 0.4) is 0 Å². The Labute approximate surface area is 118 Å². The Kier molecular flexibility index (Phi) is 5.84. The van der Waals surface area contributed by atoms with E-state index in [1.165, 1.54) is 19.3 Å². The smallest absolute Gasteiger partial charge is 0.0963 e. The number of hydrogen-bond donors (Lipinski definition) is 2. The van der Waals surface area contributed by atoms with Gasteiger partial charge in [-0.1, -0.05) is 41.0 Å². The van der Waals surface area contributed by atoms with Gasteiger partial charge in [-0.05, 0) is 37.0 Å². The molecule has 0 aliphatic heterocycles. The highest BCUT2D eigenvalue weighted by Gasteiger charge is 2.32. The molecule has 0 aromatic rings. The minimum Gasteiger partial charge on any atom is -0.387 e. The highest BCUT2D eigenvalue weighted by Crippen LogP contribution is 2.35. The molecule has 3 N–H and O–H groups in total. The molecule has 0 bridgehead atoms. The van der Waals surface area contributed by atoms with Crippen LogP contribution < -0.4 is 5.73 Å². The van der Waals surface area contributed by atoms with Crippen LogP contribution in [0.1, 0.15) is 60.3 Å². The van der Waals surface area contributed by atoms with Gasteiger partial charge in [-0.15, -0.1) is 0 Å². The summed E-state index contributed by atoms with van der Waals surface area (Å²) < 4.78 is 6.16. The molecule has 1 aliphatic rings. The zero-order valence-electron chi connectivity index (χ0n) is 13.3. The van der Waals surface area contributed by atoms with Crippen molar-refractivity contribution in [3.63, 3.8) is 0 Å². The monoisotopic (exact) mass is 268 g/mol. The van der Waals surface area contributed by atoms with Crippen LogP contribution in [0.15, 0.2) is 0 Å². The molecule has 19 heavy (non-hydrogen) atoms. The average molecular weight is 268 g/mol. The number of nitrogens with one attached hydrogen (secondary N) is 1. The first-order valence-corrected chi connectivity index (χ1v) is 7.70. The molecular weight excluding hydrogens is 236 g/mol. The lowest BCUT2D eigenvalue weighted by molar-refractivity contribution is -0.0433. The second kappa shape index (κ2) is 6.74. The van der Waals surface area contributed by atoms with Crippen molar-refractivity contribution in [1.29, 1.82) is 5.41 Å². The Morgan fingerprint density at radius 2 is 2.00 bits per heavy atom. The molecule has 3 atom stereocenters. The minimum atomic E-state index is -0.242. The van der Waals surface area contributed by atoms with Gasteiger partial charge in [-0.2, -0.15) is 0 Å². The highest BCUT2D eigenvalue weighted by atomic mass is 16.5. The lowest BCUT2D eigenvalue weighted by Gasteiger charge is -2.37. The van der Waals surface area contributed by atoms with Crippen molar-refractivity contribution < 1.29 is 4.74 Å². The predicted octanol–water partition coefficient (Wildman–Crippen LogP) is 3.82. The fraction of sp³-hybridized carbons (Fsp3) is 0.938. The molecule has 3 unspecified atom stereocenters. The molecule has 3 nitrogen and oxygen atoms in total. The number of hydrogen-bond acceptors (Lipinski definition) is 2. The molecule has 3 heteroatoms. The summed E-state index contributed by atoms with van der Waals surface area (Å²) >= 11 is 0. The number of nitrogens with two attached hydrogens (primary N) is 1. The van der Waals surface area contributed by atoms with Crippen LogP contribution in [0.25, 0.3) is 0 Å². The third-order valence-electron chi connectivity index (χ3n) is 4.75. The molecule has 0 aromatic carbocycles. The Balaban J connectivity index is 2.47. The lowest BCUT2D eigenvalue weighted by atomic mass is 9.75. The lowest BCUT2D eigenvalue weighted by Crippen LogP contribution is -2.36. The van der Waals surface area contributed by atoms with Crippen LogP contribution in [0.5, 0.6) is 0 Å². The van der Waals surface area contributed by atoms with Crippen molar-refractivity contribution in [2.24, 2.45) is 28.9 Å². The maximum absolute atomic E-state index is 7.58. The molecule has 0 aromatic heterocycles. The van der Waals surface area contributed by atoms with E-state index in [0.29, 0.717) is 24.5 Å². The molecule has 0 heterocycles. The van der Waals surface area contributed by atoms with E-state index in [0.717, 1.165) is 12.3 Å². The Morgan fingerprint density at radius 1 is 1.37 bits per heavy atom. The van der Waals surface area contributed by atoms with Gasteiger partial charge in [0.05, 0.1) is 11.9 Å². The number of ether oxygens (including phenoxy) is 1.